The lowest BCUT2D eigenvalue weighted by Gasteiger charge is -2.14. The summed E-state index contributed by atoms with van der Waals surface area (Å²) < 4.78 is 0. The van der Waals surface area contributed by atoms with Gasteiger partial charge in [-0.2, -0.15) is 0 Å². The molecule has 0 saturated heterocycles. The zero-order valence-electron chi connectivity index (χ0n) is 6.21. The Balaban J connectivity index is 2.38. The van der Waals surface area contributed by atoms with Crippen molar-refractivity contribution in [3.05, 3.63) is 23.4 Å². The molecule has 0 aromatic carbocycles. The van der Waals surface area contributed by atoms with E-state index in [1.807, 2.05) is 6.21 Å². The molecule has 0 radical (unpaired) electrons. The first kappa shape index (κ1) is 6.53. The van der Waals surface area contributed by atoms with E-state index in [1.54, 1.807) is 6.08 Å². The van der Waals surface area contributed by atoms with Crippen molar-refractivity contribution >= 4 is 12.0 Å². The standard InChI is InChI=1S/C9H9NO/c11-8-4-3-7-2-1-5-10-9(7)6-8/h2,5-6H,1,3-4H2. The molecule has 0 amide bonds. The smallest absolute Gasteiger partial charge is 0.158 e. The van der Waals surface area contributed by atoms with Crippen LogP contribution in [0.2, 0.25) is 0 Å². The van der Waals surface area contributed by atoms with Crippen molar-refractivity contribution < 1.29 is 4.79 Å². The third-order valence-corrected chi connectivity index (χ3v) is 1.97. The van der Waals surface area contributed by atoms with Crippen LogP contribution in [0.15, 0.2) is 28.4 Å². The van der Waals surface area contributed by atoms with E-state index in [-0.39, 0.29) is 5.78 Å². The Morgan fingerprint density at radius 1 is 1.36 bits per heavy atom. The van der Waals surface area contributed by atoms with Gasteiger partial charge in [-0.05, 0) is 12.0 Å². The van der Waals surface area contributed by atoms with Gasteiger partial charge >= 0.3 is 0 Å². The molecule has 2 aliphatic rings. The minimum Gasteiger partial charge on any atom is -0.295 e. The number of hydrogen-bond acceptors (Lipinski definition) is 2. The van der Waals surface area contributed by atoms with Gasteiger partial charge < -0.3 is 0 Å². The number of ketones is 1. The van der Waals surface area contributed by atoms with Crippen molar-refractivity contribution in [2.75, 3.05) is 0 Å². The van der Waals surface area contributed by atoms with Crippen molar-refractivity contribution in [3.8, 4) is 0 Å². The van der Waals surface area contributed by atoms with Gasteiger partial charge in [-0.25, -0.2) is 0 Å². The molecule has 0 fully saturated rings. The van der Waals surface area contributed by atoms with E-state index in [0.717, 1.165) is 18.5 Å². The van der Waals surface area contributed by atoms with Gasteiger partial charge in [0.05, 0.1) is 5.70 Å². The van der Waals surface area contributed by atoms with Gasteiger partial charge in [0.1, 0.15) is 0 Å². The van der Waals surface area contributed by atoms with Crippen LogP contribution in [0.25, 0.3) is 0 Å². The highest BCUT2D eigenvalue weighted by Crippen LogP contribution is 2.25. The molecule has 0 saturated carbocycles. The maximum atomic E-state index is 10.9. The molecule has 1 aliphatic heterocycles. The SMILES string of the molecule is O=C1C=C2N=CCC=C2CC1. The number of fused-ring (bicyclic) bond motifs is 1. The second-order valence-electron chi connectivity index (χ2n) is 2.77. The third-order valence-electron chi connectivity index (χ3n) is 1.97. The lowest BCUT2D eigenvalue weighted by atomic mass is 9.96. The molecule has 1 aliphatic carbocycles. The molecule has 0 atom stereocenters. The van der Waals surface area contributed by atoms with Crippen molar-refractivity contribution in [1.29, 1.82) is 0 Å². The first-order chi connectivity index (χ1) is 5.36. The Kier molecular flexibility index (Phi) is 1.46. The summed E-state index contributed by atoms with van der Waals surface area (Å²) >= 11 is 0. The van der Waals surface area contributed by atoms with Gasteiger partial charge in [-0.3, -0.25) is 9.79 Å². The first-order valence-electron chi connectivity index (χ1n) is 3.83. The molecule has 2 heteroatoms. The number of rotatable bonds is 0. The average molecular weight is 147 g/mol. The zero-order chi connectivity index (χ0) is 7.68. The number of hydrogen-bond donors (Lipinski definition) is 0. The summed E-state index contributed by atoms with van der Waals surface area (Å²) in [5.41, 5.74) is 2.12. The summed E-state index contributed by atoms with van der Waals surface area (Å²) in [6.07, 6.45) is 8.08. The molecule has 56 valence electrons. The summed E-state index contributed by atoms with van der Waals surface area (Å²) in [6.45, 7) is 0. The van der Waals surface area contributed by atoms with E-state index in [4.69, 9.17) is 0 Å². The van der Waals surface area contributed by atoms with Crippen LogP contribution in [-0.4, -0.2) is 12.0 Å². The van der Waals surface area contributed by atoms with Crippen LogP contribution in [0, 0.1) is 0 Å². The number of carbonyl (C=O) groups excluding carboxylic acids is 1. The van der Waals surface area contributed by atoms with E-state index < -0.39 is 0 Å². The van der Waals surface area contributed by atoms with E-state index in [2.05, 4.69) is 11.1 Å². The molecule has 0 bridgehead atoms. The molecule has 0 aromatic rings. The molecule has 0 N–H and O–H groups in total. The predicted octanol–water partition coefficient (Wildman–Crippen LogP) is 1.63. The lowest BCUT2D eigenvalue weighted by molar-refractivity contribution is -0.114. The van der Waals surface area contributed by atoms with Gasteiger partial charge in [0.15, 0.2) is 5.78 Å². The Hall–Kier alpha value is -1.18. The van der Waals surface area contributed by atoms with Gasteiger partial charge in [0.25, 0.3) is 0 Å². The van der Waals surface area contributed by atoms with Crippen LogP contribution in [-0.2, 0) is 4.79 Å². The third kappa shape index (κ3) is 1.16. The molecule has 0 aromatic heterocycles. The number of carbonyl (C=O) groups is 1. The highest BCUT2D eigenvalue weighted by molar-refractivity contribution is 5.93. The maximum absolute atomic E-state index is 10.9. The minimum absolute atomic E-state index is 0.205. The van der Waals surface area contributed by atoms with Crippen molar-refractivity contribution in [2.24, 2.45) is 4.99 Å². The van der Waals surface area contributed by atoms with Crippen LogP contribution in [0.4, 0.5) is 0 Å². The Bertz CT molecular complexity index is 284. The van der Waals surface area contributed by atoms with Gasteiger partial charge in [-0.15, -0.1) is 0 Å². The van der Waals surface area contributed by atoms with Crippen LogP contribution in [0.5, 0.6) is 0 Å². The Morgan fingerprint density at radius 2 is 2.27 bits per heavy atom. The molecule has 2 rings (SSSR count). The largest absolute Gasteiger partial charge is 0.295 e. The van der Waals surface area contributed by atoms with Gasteiger partial charge in [0, 0.05) is 25.1 Å². The molecule has 1 heterocycles. The lowest BCUT2D eigenvalue weighted by Crippen LogP contribution is -2.06. The predicted molar refractivity (Wildman–Crippen MR) is 43.5 cm³/mol. The summed E-state index contributed by atoms with van der Waals surface area (Å²) in [5.74, 6) is 0.205. The summed E-state index contributed by atoms with van der Waals surface area (Å²) in [7, 11) is 0. The van der Waals surface area contributed by atoms with Crippen LogP contribution in [0.3, 0.4) is 0 Å². The normalized spacial score (nSPS) is 22.4. The zero-order valence-corrected chi connectivity index (χ0v) is 6.21. The number of dihydropyridines is 1. The fourth-order valence-electron chi connectivity index (χ4n) is 1.38. The number of nitrogens with zero attached hydrogens (tertiary/aromatic N) is 1. The van der Waals surface area contributed by atoms with Gasteiger partial charge in [-0.1, -0.05) is 6.08 Å². The highest BCUT2D eigenvalue weighted by Gasteiger charge is 2.15. The van der Waals surface area contributed by atoms with E-state index in [0.29, 0.717) is 6.42 Å². The fraction of sp³-hybridized carbons (Fsp3) is 0.333. The minimum atomic E-state index is 0.205. The Labute approximate surface area is 65.3 Å². The van der Waals surface area contributed by atoms with Crippen molar-refractivity contribution in [1.82, 2.24) is 0 Å². The molecule has 2 nitrogen and oxygen atoms in total. The van der Waals surface area contributed by atoms with E-state index in [9.17, 15) is 4.79 Å². The van der Waals surface area contributed by atoms with Crippen LogP contribution in [0.1, 0.15) is 19.3 Å². The van der Waals surface area contributed by atoms with Crippen molar-refractivity contribution in [2.45, 2.75) is 19.3 Å². The highest BCUT2D eigenvalue weighted by atomic mass is 16.1. The second-order valence-corrected chi connectivity index (χ2v) is 2.77. The van der Waals surface area contributed by atoms with E-state index in [1.165, 1.54) is 5.57 Å². The second kappa shape index (κ2) is 2.46. The molecule has 0 unspecified atom stereocenters. The van der Waals surface area contributed by atoms with Gasteiger partial charge in [0.2, 0.25) is 0 Å². The van der Waals surface area contributed by atoms with Crippen LogP contribution >= 0.6 is 0 Å². The molecule has 0 spiro atoms. The van der Waals surface area contributed by atoms with Crippen molar-refractivity contribution in [3.63, 3.8) is 0 Å². The van der Waals surface area contributed by atoms with E-state index >= 15 is 0 Å². The fourth-order valence-corrected chi connectivity index (χ4v) is 1.38. The first-order valence-corrected chi connectivity index (χ1v) is 3.83. The van der Waals surface area contributed by atoms with Crippen LogP contribution < -0.4 is 0 Å². The molecule has 11 heavy (non-hydrogen) atoms. The molecular formula is C9H9NO. The quantitative estimate of drug-likeness (QED) is 0.512. The monoisotopic (exact) mass is 147 g/mol. The maximum Gasteiger partial charge on any atom is 0.158 e. The average Bonchev–Trinajstić information content (AvgIpc) is 2.04. The molecular weight excluding hydrogens is 138 g/mol. The number of aliphatic imine (C=N–C) groups is 1. The summed E-state index contributed by atoms with van der Waals surface area (Å²) in [4.78, 5) is 15.1. The topological polar surface area (TPSA) is 29.4 Å². The number of allylic oxidation sites excluding steroid dienone is 3. The summed E-state index contributed by atoms with van der Waals surface area (Å²) in [6, 6.07) is 0. The summed E-state index contributed by atoms with van der Waals surface area (Å²) in [5, 5.41) is 0. The Morgan fingerprint density at radius 3 is 3.18 bits per heavy atom.